The van der Waals surface area contributed by atoms with Gasteiger partial charge in [0.1, 0.15) is 5.67 Å². The normalized spacial score (nSPS) is 26.7. The predicted octanol–water partition coefficient (Wildman–Crippen LogP) is 0.624. The minimum Gasteiger partial charge on any atom is -0.481 e. The fourth-order valence-corrected chi connectivity index (χ4v) is 3.04. The van der Waals surface area contributed by atoms with Crippen molar-refractivity contribution in [2.24, 2.45) is 5.92 Å². The second-order valence-corrected chi connectivity index (χ2v) is 6.05. The van der Waals surface area contributed by atoms with E-state index in [4.69, 9.17) is 5.11 Å². The third-order valence-electron chi connectivity index (χ3n) is 2.80. The van der Waals surface area contributed by atoms with E-state index in [1.165, 1.54) is 6.92 Å². The Kier molecular flexibility index (Phi) is 2.85. The van der Waals surface area contributed by atoms with Crippen LogP contribution in [0.25, 0.3) is 0 Å². The molecule has 0 amide bonds. The molecule has 1 aliphatic rings. The van der Waals surface area contributed by atoms with E-state index in [1.54, 1.807) is 0 Å². The summed E-state index contributed by atoms with van der Waals surface area (Å²) in [6.07, 6.45) is -0.411. The number of rotatable bonds is 2. The summed E-state index contributed by atoms with van der Waals surface area (Å²) in [5.41, 5.74) is -1.86. The van der Waals surface area contributed by atoms with Crippen molar-refractivity contribution in [1.29, 1.82) is 0 Å². The van der Waals surface area contributed by atoms with E-state index in [2.05, 4.69) is 0 Å². The Morgan fingerprint density at radius 1 is 1.43 bits per heavy atom. The van der Waals surface area contributed by atoms with Gasteiger partial charge >= 0.3 is 5.97 Å². The summed E-state index contributed by atoms with van der Waals surface area (Å²) in [7, 11) is -3.15. The number of hydrogen-bond acceptors (Lipinski definition) is 3. The first-order valence-corrected chi connectivity index (χ1v) is 6.21. The van der Waals surface area contributed by atoms with Gasteiger partial charge in [0.05, 0.1) is 17.4 Å². The van der Waals surface area contributed by atoms with E-state index >= 15 is 0 Å². The molecule has 1 fully saturated rings. The summed E-state index contributed by atoms with van der Waals surface area (Å²) in [5.74, 6) is -2.85. The maximum atomic E-state index is 13.9. The van der Waals surface area contributed by atoms with Crippen LogP contribution >= 0.6 is 0 Å². The fraction of sp³-hybridized carbons (Fsp3) is 0.875. The van der Waals surface area contributed by atoms with Crippen LogP contribution < -0.4 is 0 Å². The van der Waals surface area contributed by atoms with Crippen LogP contribution in [0.15, 0.2) is 0 Å². The Morgan fingerprint density at radius 2 is 1.86 bits per heavy atom. The molecule has 0 bridgehead atoms. The van der Waals surface area contributed by atoms with Gasteiger partial charge in [-0.15, -0.1) is 0 Å². The monoisotopic (exact) mass is 224 g/mol. The maximum Gasteiger partial charge on any atom is 0.309 e. The Bertz CT molecular complexity index is 321. The van der Waals surface area contributed by atoms with E-state index < -0.39 is 27.4 Å². The van der Waals surface area contributed by atoms with Crippen LogP contribution in [0, 0.1) is 5.92 Å². The van der Waals surface area contributed by atoms with Crippen molar-refractivity contribution < 1.29 is 22.7 Å². The molecule has 1 saturated heterocycles. The lowest BCUT2D eigenvalue weighted by Crippen LogP contribution is -2.43. The molecule has 0 aromatic carbocycles. The van der Waals surface area contributed by atoms with Crippen molar-refractivity contribution in [3.05, 3.63) is 0 Å². The molecule has 1 aliphatic heterocycles. The number of aliphatic carboxylic acids is 1. The van der Waals surface area contributed by atoms with E-state index in [0.29, 0.717) is 0 Å². The van der Waals surface area contributed by atoms with Gasteiger partial charge in [-0.05, 0) is 19.8 Å². The first kappa shape index (κ1) is 11.4. The topological polar surface area (TPSA) is 71.4 Å². The minimum atomic E-state index is -3.15. The largest absolute Gasteiger partial charge is 0.481 e. The third kappa shape index (κ3) is 2.23. The zero-order chi connectivity index (χ0) is 11.0. The molecule has 1 N–H and O–H groups in total. The molecule has 0 aromatic heterocycles. The zero-order valence-corrected chi connectivity index (χ0v) is 8.68. The number of carboxylic acids is 1. The van der Waals surface area contributed by atoms with Gasteiger partial charge in [0.15, 0.2) is 9.84 Å². The molecule has 14 heavy (non-hydrogen) atoms. The third-order valence-corrected chi connectivity index (χ3v) is 4.46. The van der Waals surface area contributed by atoms with Gasteiger partial charge in [0.2, 0.25) is 0 Å². The van der Waals surface area contributed by atoms with Gasteiger partial charge in [-0.25, -0.2) is 12.8 Å². The van der Waals surface area contributed by atoms with Crippen molar-refractivity contribution in [2.75, 3.05) is 11.5 Å². The SMILES string of the molecule is CC(C(=O)O)C1(F)CCS(=O)(=O)CC1. The van der Waals surface area contributed by atoms with Crippen molar-refractivity contribution in [3.63, 3.8) is 0 Å². The minimum absolute atomic E-state index is 0.206. The Morgan fingerprint density at radius 3 is 2.21 bits per heavy atom. The maximum absolute atomic E-state index is 13.9. The molecule has 0 radical (unpaired) electrons. The molecule has 1 rings (SSSR count). The van der Waals surface area contributed by atoms with Crippen LogP contribution in [0.4, 0.5) is 4.39 Å². The second-order valence-electron chi connectivity index (χ2n) is 3.75. The number of hydrogen-bond donors (Lipinski definition) is 1. The van der Waals surface area contributed by atoms with E-state index in [9.17, 15) is 17.6 Å². The molecular formula is C8H13FO4S. The average molecular weight is 224 g/mol. The number of carbonyl (C=O) groups is 1. The first-order chi connectivity index (χ1) is 6.27. The zero-order valence-electron chi connectivity index (χ0n) is 7.86. The molecule has 0 spiro atoms. The molecule has 1 unspecified atom stereocenters. The van der Waals surface area contributed by atoms with Crippen LogP contribution in [0.3, 0.4) is 0 Å². The van der Waals surface area contributed by atoms with Crippen LogP contribution in [-0.2, 0) is 14.6 Å². The number of sulfone groups is 1. The highest BCUT2D eigenvalue weighted by atomic mass is 32.2. The predicted molar refractivity (Wildman–Crippen MR) is 48.5 cm³/mol. The summed E-state index contributed by atoms with van der Waals surface area (Å²) >= 11 is 0. The summed E-state index contributed by atoms with van der Waals surface area (Å²) in [5, 5.41) is 8.64. The molecule has 4 nitrogen and oxygen atoms in total. The van der Waals surface area contributed by atoms with Gasteiger partial charge in [-0.3, -0.25) is 4.79 Å². The Balaban J connectivity index is 2.76. The number of halogens is 1. The molecule has 1 heterocycles. The first-order valence-electron chi connectivity index (χ1n) is 4.39. The summed E-state index contributed by atoms with van der Waals surface area (Å²) in [4.78, 5) is 10.6. The van der Waals surface area contributed by atoms with Crippen LogP contribution in [0.5, 0.6) is 0 Å². The van der Waals surface area contributed by atoms with Gasteiger partial charge < -0.3 is 5.11 Å². The van der Waals surface area contributed by atoms with Crippen LogP contribution in [-0.4, -0.2) is 36.7 Å². The van der Waals surface area contributed by atoms with Crippen LogP contribution in [0.2, 0.25) is 0 Å². The van der Waals surface area contributed by atoms with E-state index in [0.717, 1.165) is 0 Å². The van der Waals surface area contributed by atoms with Crippen molar-refractivity contribution in [1.82, 2.24) is 0 Å². The molecular weight excluding hydrogens is 211 g/mol. The molecule has 6 heteroatoms. The summed E-state index contributed by atoms with van der Waals surface area (Å²) < 4.78 is 35.9. The summed E-state index contributed by atoms with van der Waals surface area (Å²) in [6, 6.07) is 0. The molecule has 0 aromatic rings. The van der Waals surface area contributed by atoms with Crippen molar-refractivity contribution in [2.45, 2.75) is 25.4 Å². The highest BCUT2D eigenvalue weighted by molar-refractivity contribution is 7.91. The standard InChI is InChI=1S/C8H13FO4S/c1-6(7(10)11)8(9)2-4-14(12,13)5-3-8/h6H,2-5H2,1H3,(H,10,11). The Hall–Kier alpha value is -0.650. The highest BCUT2D eigenvalue weighted by Crippen LogP contribution is 2.34. The van der Waals surface area contributed by atoms with Gasteiger partial charge in [0.25, 0.3) is 0 Å². The van der Waals surface area contributed by atoms with Gasteiger partial charge in [-0.1, -0.05) is 0 Å². The molecule has 0 aliphatic carbocycles. The number of alkyl halides is 1. The lowest BCUT2D eigenvalue weighted by Gasteiger charge is -2.32. The molecule has 0 saturated carbocycles. The van der Waals surface area contributed by atoms with Crippen LogP contribution in [0.1, 0.15) is 19.8 Å². The lowest BCUT2D eigenvalue weighted by atomic mass is 9.85. The highest BCUT2D eigenvalue weighted by Gasteiger charge is 2.44. The average Bonchev–Trinajstić information content (AvgIpc) is 2.09. The van der Waals surface area contributed by atoms with Gasteiger partial charge in [0, 0.05) is 0 Å². The number of carboxylic acid groups (broad SMARTS) is 1. The fourth-order valence-electron chi connectivity index (χ4n) is 1.53. The quantitative estimate of drug-likeness (QED) is 0.746. The smallest absolute Gasteiger partial charge is 0.309 e. The van der Waals surface area contributed by atoms with Gasteiger partial charge in [-0.2, -0.15) is 0 Å². The molecule has 82 valence electrons. The van der Waals surface area contributed by atoms with Crippen molar-refractivity contribution in [3.8, 4) is 0 Å². The van der Waals surface area contributed by atoms with E-state index in [-0.39, 0.29) is 24.3 Å². The second kappa shape index (κ2) is 3.49. The summed E-state index contributed by atoms with van der Waals surface area (Å²) in [6.45, 7) is 1.28. The van der Waals surface area contributed by atoms with E-state index in [1.807, 2.05) is 0 Å². The Labute approximate surface area is 82.0 Å². The van der Waals surface area contributed by atoms with Crippen molar-refractivity contribution >= 4 is 15.8 Å². The lowest BCUT2D eigenvalue weighted by molar-refractivity contribution is -0.147. The molecule has 1 atom stereocenters.